The highest BCUT2D eigenvalue weighted by molar-refractivity contribution is 5.20. The topological polar surface area (TPSA) is 24.5 Å². The van der Waals surface area contributed by atoms with Crippen LogP contribution in [0.3, 0.4) is 0 Å². The van der Waals surface area contributed by atoms with Crippen molar-refractivity contribution in [2.24, 2.45) is 0 Å². The average molecular weight is 276 g/mol. The zero-order valence-corrected chi connectivity index (χ0v) is 13.0. The van der Waals surface area contributed by atoms with Crippen LogP contribution < -0.4 is 5.32 Å². The molecule has 3 heteroatoms. The summed E-state index contributed by atoms with van der Waals surface area (Å²) in [4.78, 5) is 2.61. The summed E-state index contributed by atoms with van der Waals surface area (Å²) in [5, 5.41) is 3.71. The van der Waals surface area contributed by atoms with Gasteiger partial charge in [-0.05, 0) is 18.9 Å². The summed E-state index contributed by atoms with van der Waals surface area (Å²) in [6.45, 7) is 7.46. The fourth-order valence-electron chi connectivity index (χ4n) is 3.19. The summed E-state index contributed by atoms with van der Waals surface area (Å²) in [6, 6.07) is 12.3. The van der Waals surface area contributed by atoms with Crippen LogP contribution in [0.15, 0.2) is 30.3 Å². The Bertz CT molecular complexity index is 382. The Kier molecular flexibility index (Phi) is 6.02. The number of benzene rings is 1. The summed E-state index contributed by atoms with van der Waals surface area (Å²) >= 11 is 0. The molecule has 0 aromatic heterocycles. The van der Waals surface area contributed by atoms with Gasteiger partial charge in [0.15, 0.2) is 0 Å². The third kappa shape index (κ3) is 3.81. The van der Waals surface area contributed by atoms with Gasteiger partial charge in [0.25, 0.3) is 0 Å². The molecule has 2 rings (SSSR count). The van der Waals surface area contributed by atoms with Gasteiger partial charge in [-0.3, -0.25) is 4.90 Å². The van der Waals surface area contributed by atoms with Gasteiger partial charge in [-0.25, -0.2) is 0 Å². The van der Waals surface area contributed by atoms with Crippen molar-refractivity contribution in [3.05, 3.63) is 35.9 Å². The van der Waals surface area contributed by atoms with Gasteiger partial charge in [-0.1, -0.05) is 43.7 Å². The van der Waals surface area contributed by atoms with E-state index in [-0.39, 0.29) is 0 Å². The third-order valence-electron chi connectivity index (χ3n) is 4.23. The quantitative estimate of drug-likeness (QED) is 0.864. The Labute approximate surface area is 123 Å². The van der Waals surface area contributed by atoms with Crippen LogP contribution in [0.25, 0.3) is 0 Å². The summed E-state index contributed by atoms with van der Waals surface area (Å²) in [6.07, 6.45) is 2.48. The summed E-state index contributed by atoms with van der Waals surface area (Å²) < 4.78 is 5.37. The molecule has 0 aliphatic carbocycles. The zero-order valence-electron chi connectivity index (χ0n) is 13.0. The number of piperazine rings is 1. The van der Waals surface area contributed by atoms with Crippen LogP contribution in [0.5, 0.6) is 0 Å². The van der Waals surface area contributed by atoms with E-state index in [4.69, 9.17) is 4.74 Å². The van der Waals surface area contributed by atoms with Gasteiger partial charge >= 0.3 is 0 Å². The molecule has 1 aliphatic rings. The van der Waals surface area contributed by atoms with E-state index >= 15 is 0 Å². The minimum absolute atomic E-state index is 0.451. The molecule has 1 aliphatic heterocycles. The molecular weight excluding hydrogens is 248 g/mol. The number of nitrogens with one attached hydrogen (secondary N) is 1. The molecule has 3 atom stereocenters. The monoisotopic (exact) mass is 276 g/mol. The van der Waals surface area contributed by atoms with Crippen molar-refractivity contribution >= 4 is 0 Å². The molecule has 1 heterocycles. The van der Waals surface area contributed by atoms with Crippen LogP contribution in [0, 0.1) is 0 Å². The van der Waals surface area contributed by atoms with Crippen molar-refractivity contribution in [3.8, 4) is 0 Å². The third-order valence-corrected chi connectivity index (χ3v) is 4.23. The van der Waals surface area contributed by atoms with Crippen molar-refractivity contribution in [1.82, 2.24) is 10.2 Å². The molecule has 0 radical (unpaired) electrons. The lowest BCUT2D eigenvalue weighted by atomic mass is 9.97. The van der Waals surface area contributed by atoms with E-state index in [1.807, 2.05) is 0 Å². The molecule has 1 saturated heterocycles. The van der Waals surface area contributed by atoms with E-state index in [9.17, 15) is 0 Å². The minimum atomic E-state index is 0.451. The van der Waals surface area contributed by atoms with E-state index in [0.29, 0.717) is 18.1 Å². The van der Waals surface area contributed by atoms with Gasteiger partial charge in [0.1, 0.15) is 0 Å². The Hall–Kier alpha value is -0.900. The lowest BCUT2D eigenvalue weighted by Gasteiger charge is -2.44. The Morgan fingerprint density at radius 1 is 1.35 bits per heavy atom. The zero-order chi connectivity index (χ0) is 14.4. The molecule has 112 valence electrons. The first-order chi connectivity index (χ1) is 9.76. The van der Waals surface area contributed by atoms with Crippen molar-refractivity contribution in [2.75, 3.05) is 26.8 Å². The first-order valence-corrected chi connectivity index (χ1v) is 7.79. The number of nitrogens with zero attached hydrogens (tertiary/aromatic N) is 1. The van der Waals surface area contributed by atoms with Crippen molar-refractivity contribution in [1.29, 1.82) is 0 Å². The number of rotatable bonds is 6. The van der Waals surface area contributed by atoms with Crippen molar-refractivity contribution < 1.29 is 4.74 Å². The molecule has 0 spiro atoms. The smallest absolute Gasteiger partial charge is 0.0615 e. The van der Waals surface area contributed by atoms with Crippen LogP contribution in [0.2, 0.25) is 0 Å². The number of methoxy groups -OCH3 is 1. The van der Waals surface area contributed by atoms with Crippen LogP contribution in [0.4, 0.5) is 0 Å². The van der Waals surface area contributed by atoms with E-state index in [0.717, 1.165) is 19.7 Å². The van der Waals surface area contributed by atoms with Gasteiger partial charge in [0, 0.05) is 38.3 Å². The first kappa shape index (κ1) is 15.5. The van der Waals surface area contributed by atoms with Crippen LogP contribution in [-0.2, 0) is 4.74 Å². The lowest BCUT2D eigenvalue weighted by Crippen LogP contribution is -2.55. The van der Waals surface area contributed by atoms with Crippen LogP contribution in [-0.4, -0.2) is 43.8 Å². The Balaban J connectivity index is 2.12. The fraction of sp³-hybridized carbons (Fsp3) is 0.647. The maximum absolute atomic E-state index is 5.37. The molecule has 3 unspecified atom stereocenters. The van der Waals surface area contributed by atoms with Gasteiger partial charge in [0.2, 0.25) is 0 Å². The summed E-state index contributed by atoms with van der Waals surface area (Å²) in [5.41, 5.74) is 1.40. The average Bonchev–Trinajstić information content (AvgIpc) is 2.49. The highest BCUT2D eigenvalue weighted by atomic mass is 16.5. The predicted octanol–water partition coefficient (Wildman–Crippen LogP) is 2.84. The molecule has 1 aromatic carbocycles. The van der Waals surface area contributed by atoms with Gasteiger partial charge in [0.05, 0.1) is 6.61 Å². The molecular formula is C17H28N2O. The predicted molar refractivity (Wildman–Crippen MR) is 83.9 cm³/mol. The van der Waals surface area contributed by atoms with Gasteiger partial charge in [-0.2, -0.15) is 0 Å². The minimum Gasteiger partial charge on any atom is -0.383 e. The highest BCUT2D eigenvalue weighted by Gasteiger charge is 2.31. The molecule has 0 saturated carbocycles. The normalized spacial score (nSPS) is 25.6. The highest BCUT2D eigenvalue weighted by Crippen LogP contribution is 2.26. The fourth-order valence-corrected chi connectivity index (χ4v) is 3.19. The second kappa shape index (κ2) is 7.77. The maximum Gasteiger partial charge on any atom is 0.0615 e. The van der Waals surface area contributed by atoms with Crippen molar-refractivity contribution in [2.45, 2.75) is 44.8 Å². The van der Waals surface area contributed by atoms with Crippen LogP contribution >= 0.6 is 0 Å². The van der Waals surface area contributed by atoms with Crippen LogP contribution in [0.1, 0.15) is 38.3 Å². The Morgan fingerprint density at radius 3 is 2.75 bits per heavy atom. The SMILES string of the molecule is CCCC1CN(C(C)COC)C(c2ccccc2)CN1. The van der Waals surface area contributed by atoms with E-state index in [1.54, 1.807) is 7.11 Å². The van der Waals surface area contributed by atoms with Gasteiger partial charge in [-0.15, -0.1) is 0 Å². The molecule has 20 heavy (non-hydrogen) atoms. The molecule has 0 amide bonds. The lowest BCUT2D eigenvalue weighted by molar-refractivity contribution is 0.0393. The molecule has 1 aromatic rings. The summed E-state index contributed by atoms with van der Waals surface area (Å²) in [7, 11) is 1.79. The second-order valence-corrected chi connectivity index (χ2v) is 5.82. The van der Waals surface area contributed by atoms with E-state index in [1.165, 1.54) is 18.4 Å². The molecule has 0 bridgehead atoms. The maximum atomic E-state index is 5.37. The van der Waals surface area contributed by atoms with E-state index < -0.39 is 0 Å². The second-order valence-electron chi connectivity index (χ2n) is 5.82. The summed E-state index contributed by atoms with van der Waals surface area (Å²) in [5.74, 6) is 0. The molecule has 3 nitrogen and oxygen atoms in total. The van der Waals surface area contributed by atoms with E-state index in [2.05, 4.69) is 54.4 Å². The number of hydrogen-bond acceptors (Lipinski definition) is 3. The van der Waals surface area contributed by atoms with Crippen molar-refractivity contribution in [3.63, 3.8) is 0 Å². The van der Waals surface area contributed by atoms with Gasteiger partial charge < -0.3 is 10.1 Å². The molecule has 1 N–H and O–H groups in total. The molecule has 1 fully saturated rings. The largest absolute Gasteiger partial charge is 0.383 e. The standard InChI is InChI=1S/C17H28N2O/c1-4-8-16-12-19(14(2)13-20-3)17(11-18-16)15-9-6-5-7-10-15/h5-7,9-10,14,16-18H,4,8,11-13H2,1-3H3. The number of ether oxygens (including phenoxy) is 1. The number of hydrogen-bond donors (Lipinski definition) is 1. The Morgan fingerprint density at radius 2 is 2.10 bits per heavy atom. The first-order valence-electron chi connectivity index (χ1n) is 7.79.